The van der Waals surface area contributed by atoms with E-state index in [9.17, 15) is 9.59 Å². The normalized spacial score (nSPS) is 15.4. The van der Waals surface area contributed by atoms with Crippen molar-refractivity contribution in [2.24, 2.45) is 18.2 Å². The third-order valence-electron chi connectivity index (χ3n) is 6.29. The highest BCUT2D eigenvalue weighted by atomic mass is 35.5. The van der Waals surface area contributed by atoms with Gasteiger partial charge in [-0.05, 0) is 23.6 Å². The fraction of sp³-hybridized carbons (Fsp3) is 0.375. The molecule has 3 aromatic heterocycles. The number of H-pyrrole nitrogens is 1. The zero-order valence-corrected chi connectivity index (χ0v) is 20.7. The molecular formula is C24H27ClN8O2. The van der Waals surface area contributed by atoms with E-state index in [1.165, 1.54) is 0 Å². The van der Waals surface area contributed by atoms with Gasteiger partial charge in [-0.15, -0.1) is 0 Å². The lowest BCUT2D eigenvalue weighted by molar-refractivity contribution is -0.140. The molecular weight excluding hydrogens is 468 g/mol. The van der Waals surface area contributed by atoms with Gasteiger partial charge in [0.15, 0.2) is 5.65 Å². The molecule has 1 fully saturated rings. The number of amides is 2. The second-order valence-corrected chi connectivity index (χ2v) is 10.5. The van der Waals surface area contributed by atoms with E-state index in [-0.39, 0.29) is 11.9 Å². The SMILES string of the molecule is Cn1nc(-c2cnc3[nH]cc(C(=O)N[C@@H](C(=O)N4CC(N)C4)C(C)(C)C)c3n2)c2ccc(Cl)cc21. The van der Waals surface area contributed by atoms with Crippen molar-refractivity contribution in [2.45, 2.75) is 32.9 Å². The van der Waals surface area contributed by atoms with E-state index in [0.29, 0.717) is 46.2 Å². The number of aromatic amines is 1. The largest absolute Gasteiger partial charge is 0.344 e. The fourth-order valence-corrected chi connectivity index (χ4v) is 4.50. The Balaban J connectivity index is 1.49. The zero-order chi connectivity index (χ0) is 25.1. The van der Waals surface area contributed by atoms with Crippen LogP contribution in [0, 0.1) is 5.41 Å². The maximum atomic E-state index is 13.3. The first kappa shape index (κ1) is 23.3. The number of nitrogens with one attached hydrogen (secondary N) is 2. The average molecular weight is 495 g/mol. The van der Waals surface area contributed by atoms with Crippen molar-refractivity contribution in [3.05, 3.63) is 41.2 Å². The van der Waals surface area contributed by atoms with Crippen LogP contribution in [0.5, 0.6) is 0 Å². The number of halogens is 1. The number of carbonyl (C=O) groups is 2. The quantitative estimate of drug-likeness (QED) is 0.399. The first-order chi connectivity index (χ1) is 16.5. The number of likely N-dealkylation sites (tertiary alicyclic amines) is 1. The van der Waals surface area contributed by atoms with Crippen LogP contribution in [0.25, 0.3) is 33.5 Å². The molecule has 5 rings (SSSR count). The Hall–Kier alpha value is -3.50. The molecule has 1 aliphatic heterocycles. The van der Waals surface area contributed by atoms with Gasteiger partial charge in [-0.2, -0.15) is 5.10 Å². The van der Waals surface area contributed by atoms with Crippen molar-refractivity contribution in [1.29, 1.82) is 0 Å². The number of rotatable bonds is 4. The van der Waals surface area contributed by atoms with Crippen molar-refractivity contribution in [2.75, 3.05) is 13.1 Å². The highest BCUT2D eigenvalue weighted by Crippen LogP contribution is 2.30. The standard InChI is InChI=1S/C24H27ClN8O2/c1-24(2,3)20(23(35)33-10-13(26)11-33)30-22(34)15-8-27-21-19(15)29-16(9-28-21)18-14-6-5-12(25)7-17(14)32(4)31-18/h5-9,13,20H,10-11,26H2,1-4H3,(H,27,28)(H,30,34)/t20-/m0/s1. The minimum absolute atomic E-state index is 0.0173. The molecule has 11 heteroatoms. The number of nitrogens with two attached hydrogens (primary N) is 1. The predicted octanol–water partition coefficient (Wildman–Crippen LogP) is 2.48. The summed E-state index contributed by atoms with van der Waals surface area (Å²) < 4.78 is 1.73. The average Bonchev–Trinajstić information content (AvgIpc) is 3.34. The molecule has 0 bridgehead atoms. The number of fused-ring (bicyclic) bond motifs is 2. The summed E-state index contributed by atoms with van der Waals surface area (Å²) in [6.07, 6.45) is 3.18. The molecule has 10 nitrogen and oxygen atoms in total. The third-order valence-corrected chi connectivity index (χ3v) is 6.53. The molecule has 0 saturated carbocycles. The molecule has 0 radical (unpaired) electrons. The van der Waals surface area contributed by atoms with Crippen molar-refractivity contribution in [3.63, 3.8) is 0 Å². The van der Waals surface area contributed by atoms with Crippen LogP contribution in [0.4, 0.5) is 0 Å². The molecule has 182 valence electrons. The topological polar surface area (TPSA) is 135 Å². The van der Waals surface area contributed by atoms with Crippen LogP contribution in [-0.4, -0.2) is 66.6 Å². The van der Waals surface area contributed by atoms with Gasteiger partial charge in [0.2, 0.25) is 5.91 Å². The maximum Gasteiger partial charge on any atom is 0.255 e. The van der Waals surface area contributed by atoms with Gasteiger partial charge < -0.3 is 20.9 Å². The number of hydrogen-bond acceptors (Lipinski definition) is 6. The number of nitrogens with zero attached hydrogens (tertiary/aromatic N) is 5. The second kappa shape index (κ2) is 8.31. The summed E-state index contributed by atoms with van der Waals surface area (Å²) in [6.45, 7) is 6.74. The smallest absolute Gasteiger partial charge is 0.255 e. The van der Waals surface area contributed by atoms with Gasteiger partial charge >= 0.3 is 0 Å². The van der Waals surface area contributed by atoms with E-state index < -0.39 is 17.4 Å². The van der Waals surface area contributed by atoms with Crippen molar-refractivity contribution in [3.8, 4) is 11.4 Å². The number of aryl methyl sites for hydroxylation is 1. The summed E-state index contributed by atoms with van der Waals surface area (Å²) in [5.74, 6) is -0.545. The Bertz CT molecular complexity index is 1460. The first-order valence-corrected chi connectivity index (χ1v) is 11.7. The van der Waals surface area contributed by atoms with Crippen LogP contribution in [-0.2, 0) is 11.8 Å². The van der Waals surface area contributed by atoms with Crippen LogP contribution in [0.3, 0.4) is 0 Å². The minimum Gasteiger partial charge on any atom is -0.344 e. The maximum absolute atomic E-state index is 13.3. The molecule has 0 aliphatic carbocycles. The van der Waals surface area contributed by atoms with Crippen molar-refractivity contribution < 1.29 is 9.59 Å². The Morgan fingerprint density at radius 3 is 2.71 bits per heavy atom. The lowest BCUT2D eigenvalue weighted by atomic mass is 9.85. The van der Waals surface area contributed by atoms with E-state index in [1.807, 2.05) is 40.0 Å². The summed E-state index contributed by atoms with van der Waals surface area (Å²) in [7, 11) is 1.83. The van der Waals surface area contributed by atoms with Crippen molar-refractivity contribution >= 4 is 45.5 Å². The van der Waals surface area contributed by atoms with E-state index in [2.05, 4.69) is 20.4 Å². The van der Waals surface area contributed by atoms with Crippen LogP contribution in [0.2, 0.25) is 5.02 Å². The molecule has 1 aliphatic rings. The predicted molar refractivity (Wildman–Crippen MR) is 134 cm³/mol. The molecule has 1 saturated heterocycles. The van der Waals surface area contributed by atoms with Crippen LogP contribution in [0.1, 0.15) is 31.1 Å². The van der Waals surface area contributed by atoms with Gasteiger partial charge in [0.25, 0.3) is 5.91 Å². The number of hydrogen-bond donors (Lipinski definition) is 3. The molecule has 1 aromatic carbocycles. The molecule has 4 aromatic rings. The highest BCUT2D eigenvalue weighted by Gasteiger charge is 2.39. The molecule has 2 amide bonds. The summed E-state index contributed by atoms with van der Waals surface area (Å²) >= 11 is 6.15. The molecule has 0 spiro atoms. The Morgan fingerprint density at radius 2 is 2.03 bits per heavy atom. The summed E-state index contributed by atoms with van der Waals surface area (Å²) in [5.41, 5.74) is 8.55. The monoisotopic (exact) mass is 494 g/mol. The first-order valence-electron chi connectivity index (χ1n) is 11.3. The Labute approximate surface area is 206 Å². The van der Waals surface area contributed by atoms with E-state index in [4.69, 9.17) is 22.3 Å². The lowest BCUT2D eigenvalue weighted by Gasteiger charge is -2.42. The third kappa shape index (κ3) is 4.12. The summed E-state index contributed by atoms with van der Waals surface area (Å²) in [5, 5.41) is 9.00. The molecule has 1 atom stereocenters. The molecule has 35 heavy (non-hydrogen) atoms. The van der Waals surface area contributed by atoms with Gasteiger partial charge in [-0.3, -0.25) is 14.3 Å². The molecule has 4 N–H and O–H groups in total. The van der Waals surface area contributed by atoms with Gasteiger partial charge in [-0.25, -0.2) is 9.97 Å². The van der Waals surface area contributed by atoms with Crippen LogP contribution in [0.15, 0.2) is 30.6 Å². The van der Waals surface area contributed by atoms with Gasteiger partial charge in [0, 0.05) is 42.8 Å². The van der Waals surface area contributed by atoms with Crippen molar-refractivity contribution in [1.82, 2.24) is 34.9 Å². The Kier molecular flexibility index (Phi) is 5.52. The van der Waals surface area contributed by atoms with Gasteiger partial charge in [0.1, 0.15) is 22.9 Å². The minimum atomic E-state index is -0.715. The number of benzene rings is 1. The number of aromatic nitrogens is 5. The van der Waals surface area contributed by atoms with E-state index in [1.54, 1.807) is 28.0 Å². The summed E-state index contributed by atoms with van der Waals surface area (Å²) in [6, 6.07) is 4.79. The lowest BCUT2D eigenvalue weighted by Crippen LogP contribution is -2.64. The van der Waals surface area contributed by atoms with Crippen LogP contribution >= 0.6 is 11.6 Å². The molecule has 4 heterocycles. The second-order valence-electron chi connectivity index (χ2n) is 10.1. The van der Waals surface area contributed by atoms with E-state index in [0.717, 1.165) is 10.9 Å². The Morgan fingerprint density at radius 1 is 1.29 bits per heavy atom. The summed E-state index contributed by atoms with van der Waals surface area (Å²) in [4.78, 5) is 40.3. The number of carbonyl (C=O) groups excluding carboxylic acids is 2. The fourth-order valence-electron chi connectivity index (χ4n) is 4.33. The van der Waals surface area contributed by atoms with E-state index >= 15 is 0 Å². The molecule has 0 unspecified atom stereocenters. The van der Waals surface area contributed by atoms with Gasteiger partial charge in [0.05, 0.1) is 17.3 Å². The van der Waals surface area contributed by atoms with Gasteiger partial charge in [-0.1, -0.05) is 32.4 Å². The van der Waals surface area contributed by atoms with Crippen LogP contribution < -0.4 is 11.1 Å². The zero-order valence-electron chi connectivity index (χ0n) is 20.0. The highest BCUT2D eigenvalue weighted by molar-refractivity contribution is 6.31.